The Labute approximate surface area is 103 Å². The number of carbonyl (C=O) groups is 1. The molecule has 0 saturated heterocycles. The van der Waals surface area contributed by atoms with Gasteiger partial charge in [-0.25, -0.2) is 4.79 Å². The van der Waals surface area contributed by atoms with E-state index < -0.39 is 5.97 Å². The molecule has 0 atom stereocenters. The SMILES string of the molecule is O=C(O)c1cccc(-c2cncc(/C=N/O)c2)c1. The van der Waals surface area contributed by atoms with Crippen molar-refractivity contribution in [2.75, 3.05) is 0 Å². The minimum atomic E-state index is -0.974. The number of nitrogens with zero attached hydrogens (tertiary/aromatic N) is 2. The summed E-state index contributed by atoms with van der Waals surface area (Å²) in [4.78, 5) is 14.9. The molecule has 0 aliphatic rings. The number of benzene rings is 1. The van der Waals surface area contributed by atoms with Crippen molar-refractivity contribution in [1.29, 1.82) is 0 Å². The number of hydrogen-bond acceptors (Lipinski definition) is 4. The zero-order valence-electron chi connectivity index (χ0n) is 9.32. The van der Waals surface area contributed by atoms with Gasteiger partial charge in [-0.15, -0.1) is 0 Å². The topological polar surface area (TPSA) is 82.8 Å². The Kier molecular flexibility index (Phi) is 3.33. The molecule has 2 N–H and O–H groups in total. The van der Waals surface area contributed by atoms with Crippen molar-refractivity contribution in [2.45, 2.75) is 0 Å². The minimum absolute atomic E-state index is 0.216. The van der Waals surface area contributed by atoms with E-state index in [2.05, 4.69) is 10.1 Å². The molecule has 0 amide bonds. The Morgan fingerprint density at radius 3 is 2.78 bits per heavy atom. The second-order valence-corrected chi connectivity index (χ2v) is 3.64. The van der Waals surface area contributed by atoms with Gasteiger partial charge in [-0.1, -0.05) is 17.3 Å². The van der Waals surface area contributed by atoms with Crippen molar-refractivity contribution in [3.8, 4) is 11.1 Å². The van der Waals surface area contributed by atoms with Gasteiger partial charge in [-0.05, 0) is 23.8 Å². The van der Waals surface area contributed by atoms with E-state index in [1.165, 1.54) is 12.3 Å². The molecule has 0 radical (unpaired) electrons. The number of aromatic nitrogens is 1. The van der Waals surface area contributed by atoms with Gasteiger partial charge in [0.1, 0.15) is 0 Å². The van der Waals surface area contributed by atoms with E-state index in [1.54, 1.807) is 36.7 Å². The normalized spacial score (nSPS) is 10.7. The van der Waals surface area contributed by atoms with E-state index in [4.69, 9.17) is 10.3 Å². The average Bonchev–Trinajstić information content (AvgIpc) is 2.39. The average molecular weight is 242 g/mol. The smallest absolute Gasteiger partial charge is 0.335 e. The lowest BCUT2D eigenvalue weighted by Gasteiger charge is -2.03. The molecule has 18 heavy (non-hydrogen) atoms. The van der Waals surface area contributed by atoms with Gasteiger partial charge in [-0.2, -0.15) is 0 Å². The fourth-order valence-electron chi connectivity index (χ4n) is 1.58. The maximum atomic E-state index is 10.9. The maximum absolute atomic E-state index is 10.9. The van der Waals surface area contributed by atoms with Crippen molar-refractivity contribution >= 4 is 12.2 Å². The van der Waals surface area contributed by atoms with Crippen LogP contribution in [0.25, 0.3) is 11.1 Å². The number of rotatable bonds is 3. The van der Waals surface area contributed by atoms with Gasteiger partial charge in [0.2, 0.25) is 0 Å². The van der Waals surface area contributed by atoms with Gasteiger partial charge in [0.25, 0.3) is 0 Å². The third kappa shape index (κ3) is 2.52. The van der Waals surface area contributed by atoms with E-state index in [0.717, 1.165) is 11.1 Å². The van der Waals surface area contributed by atoms with Gasteiger partial charge in [0.05, 0.1) is 11.8 Å². The summed E-state index contributed by atoms with van der Waals surface area (Å²) >= 11 is 0. The molecule has 0 bridgehead atoms. The highest BCUT2D eigenvalue weighted by Crippen LogP contribution is 2.20. The number of aromatic carboxylic acids is 1. The summed E-state index contributed by atoms with van der Waals surface area (Å²) in [5, 5.41) is 20.3. The maximum Gasteiger partial charge on any atom is 0.335 e. The summed E-state index contributed by atoms with van der Waals surface area (Å²) in [7, 11) is 0. The third-order valence-electron chi connectivity index (χ3n) is 2.41. The van der Waals surface area contributed by atoms with E-state index in [1.807, 2.05) is 0 Å². The second kappa shape index (κ2) is 5.09. The first-order valence-electron chi connectivity index (χ1n) is 5.17. The molecule has 0 aliphatic carbocycles. The molecule has 0 saturated carbocycles. The van der Waals surface area contributed by atoms with Crippen LogP contribution in [0.15, 0.2) is 47.9 Å². The summed E-state index contributed by atoms with van der Waals surface area (Å²) < 4.78 is 0. The molecule has 1 aromatic heterocycles. The molecule has 0 fully saturated rings. The zero-order chi connectivity index (χ0) is 13.0. The molecule has 0 spiro atoms. The van der Waals surface area contributed by atoms with Gasteiger partial charge in [0, 0.05) is 23.5 Å². The number of oxime groups is 1. The number of carboxylic acids is 1. The second-order valence-electron chi connectivity index (χ2n) is 3.64. The first kappa shape index (κ1) is 11.8. The van der Waals surface area contributed by atoms with Crippen molar-refractivity contribution in [3.63, 3.8) is 0 Å². The Balaban J connectivity index is 2.45. The number of pyridine rings is 1. The summed E-state index contributed by atoms with van der Waals surface area (Å²) in [6, 6.07) is 8.32. The lowest BCUT2D eigenvalue weighted by Crippen LogP contribution is -1.96. The molecular weight excluding hydrogens is 232 g/mol. The first-order valence-corrected chi connectivity index (χ1v) is 5.17. The third-order valence-corrected chi connectivity index (χ3v) is 2.41. The zero-order valence-corrected chi connectivity index (χ0v) is 9.32. The Morgan fingerprint density at radius 2 is 2.06 bits per heavy atom. The predicted octanol–water partition coefficient (Wildman–Crippen LogP) is 2.25. The summed E-state index contributed by atoms with van der Waals surface area (Å²) in [6.45, 7) is 0. The molecule has 0 aliphatic heterocycles. The van der Waals surface area contributed by atoms with Crippen LogP contribution in [0, 0.1) is 0 Å². The van der Waals surface area contributed by atoms with Crippen LogP contribution in [0.3, 0.4) is 0 Å². The quantitative estimate of drug-likeness (QED) is 0.491. The van der Waals surface area contributed by atoms with E-state index >= 15 is 0 Å². The van der Waals surface area contributed by atoms with Gasteiger partial charge in [-0.3, -0.25) is 4.98 Å². The standard InChI is InChI=1S/C13H10N2O3/c16-13(17)11-3-1-2-10(5-11)12-4-9(7-15-18)6-14-8-12/h1-8,18H,(H,16,17)/b15-7+. The Bertz CT molecular complexity index is 609. The molecule has 5 nitrogen and oxygen atoms in total. The Hall–Kier alpha value is -2.69. The summed E-state index contributed by atoms with van der Waals surface area (Å²) in [5.74, 6) is -0.974. The molecule has 5 heteroatoms. The monoisotopic (exact) mass is 242 g/mol. The van der Waals surface area contributed by atoms with Crippen LogP contribution in [-0.2, 0) is 0 Å². The molecule has 0 unspecified atom stereocenters. The van der Waals surface area contributed by atoms with Crippen LogP contribution < -0.4 is 0 Å². The molecular formula is C13H10N2O3. The van der Waals surface area contributed by atoms with Gasteiger partial charge < -0.3 is 10.3 Å². The lowest BCUT2D eigenvalue weighted by molar-refractivity contribution is 0.0697. The van der Waals surface area contributed by atoms with Crippen LogP contribution >= 0.6 is 0 Å². The van der Waals surface area contributed by atoms with Gasteiger partial charge in [0.15, 0.2) is 0 Å². The molecule has 1 heterocycles. The van der Waals surface area contributed by atoms with E-state index in [9.17, 15) is 4.79 Å². The first-order chi connectivity index (χ1) is 8.70. The molecule has 1 aromatic carbocycles. The van der Waals surface area contributed by atoms with Crippen LogP contribution in [0.5, 0.6) is 0 Å². The molecule has 2 rings (SSSR count). The predicted molar refractivity (Wildman–Crippen MR) is 66.0 cm³/mol. The van der Waals surface area contributed by atoms with Crippen molar-refractivity contribution < 1.29 is 15.1 Å². The summed E-state index contributed by atoms with van der Waals surface area (Å²) in [6.07, 6.45) is 4.43. The van der Waals surface area contributed by atoms with Crippen LogP contribution in [0.4, 0.5) is 0 Å². The summed E-state index contributed by atoms with van der Waals surface area (Å²) in [5.41, 5.74) is 2.36. The number of hydrogen-bond donors (Lipinski definition) is 2. The largest absolute Gasteiger partial charge is 0.478 e. The lowest BCUT2D eigenvalue weighted by atomic mass is 10.0. The number of carboxylic acid groups (broad SMARTS) is 1. The van der Waals surface area contributed by atoms with E-state index in [-0.39, 0.29) is 5.56 Å². The molecule has 90 valence electrons. The van der Waals surface area contributed by atoms with Crippen molar-refractivity contribution in [2.24, 2.45) is 5.16 Å². The van der Waals surface area contributed by atoms with Gasteiger partial charge >= 0.3 is 5.97 Å². The molecule has 2 aromatic rings. The minimum Gasteiger partial charge on any atom is -0.478 e. The van der Waals surface area contributed by atoms with Crippen molar-refractivity contribution in [1.82, 2.24) is 4.98 Å². The van der Waals surface area contributed by atoms with Crippen LogP contribution in [0.1, 0.15) is 15.9 Å². The fraction of sp³-hybridized carbons (Fsp3) is 0. The fourth-order valence-corrected chi connectivity index (χ4v) is 1.58. The highest BCUT2D eigenvalue weighted by molar-refractivity contribution is 5.89. The van der Waals surface area contributed by atoms with Crippen LogP contribution in [-0.4, -0.2) is 27.5 Å². The highest BCUT2D eigenvalue weighted by Gasteiger charge is 2.05. The van der Waals surface area contributed by atoms with Crippen LogP contribution in [0.2, 0.25) is 0 Å². The van der Waals surface area contributed by atoms with Crippen molar-refractivity contribution in [3.05, 3.63) is 53.9 Å². The highest BCUT2D eigenvalue weighted by atomic mass is 16.4. The van der Waals surface area contributed by atoms with E-state index in [0.29, 0.717) is 5.56 Å². The Morgan fingerprint density at radius 1 is 1.22 bits per heavy atom.